The van der Waals surface area contributed by atoms with Crippen molar-refractivity contribution in [3.63, 3.8) is 0 Å². The molecule has 0 spiro atoms. The molecule has 0 radical (unpaired) electrons. The summed E-state index contributed by atoms with van der Waals surface area (Å²) in [6, 6.07) is 28.4. The van der Waals surface area contributed by atoms with Gasteiger partial charge in [0.05, 0.1) is 11.8 Å². The van der Waals surface area contributed by atoms with Gasteiger partial charge in [-0.05, 0) is 79.9 Å². The number of allylic oxidation sites excluding steroid dienone is 4. The fraction of sp³-hybridized carbons (Fsp3) is 0.128. The van der Waals surface area contributed by atoms with Crippen LogP contribution >= 0.6 is 23.4 Å². The third kappa shape index (κ3) is 7.68. The lowest BCUT2D eigenvalue weighted by Gasteiger charge is -2.28. The summed E-state index contributed by atoms with van der Waals surface area (Å²) in [5.74, 6) is -1.57. The highest BCUT2D eigenvalue weighted by Gasteiger charge is 2.35. The van der Waals surface area contributed by atoms with Gasteiger partial charge in [-0.1, -0.05) is 109 Å². The smallest absolute Gasteiger partial charge is 0.285 e. The number of hydrogen-bond acceptors (Lipinski definition) is 4. The Kier molecular flexibility index (Phi) is 11.1. The van der Waals surface area contributed by atoms with Crippen LogP contribution in [-0.2, 0) is 14.4 Å². The molecule has 242 valence electrons. The van der Waals surface area contributed by atoms with E-state index in [-0.39, 0.29) is 28.4 Å². The predicted octanol–water partition coefficient (Wildman–Crippen LogP) is 8.14. The highest BCUT2D eigenvalue weighted by Crippen LogP contribution is 2.29. The third-order valence-electron chi connectivity index (χ3n) is 7.77. The van der Waals surface area contributed by atoms with Crippen LogP contribution in [0.3, 0.4) is 0 Å². The van der Waals surface area contributed by atoms with E-state index in [1.165, 1.54) is 4.90 Å². The first-order valence-electron chi connectivity index (χ1n) is 15.3. The molecular formula is C39H35ClN4O3S. The average Bonchev–Trinajstić information content (AvgIpc) is 3.38. The second-order valence-electron chi connectivity index (χ2n) is 11.0. The normalized spacial score (nSPS) is 14.6. The molecule has 0 saturated carbocycles. The van der Waals surface area contributed by atoms with Gasteiger partial charge in [0.1, 0.15) is 5.57 Å². The Morgan fingerprint density at radius 2 is 1.60 bits per heavy atom. The van der Waals surface area contributed by atoms with Gasteiger partial charge in [-0.25, -0.2) is 0 Å². The number of amides is 3. The molecular weight excluding hydrogens is 640 g/mol. The van der Waals surface area contributed by atoms with E-state index in [0.29, 0.717) is 16.3 Å². The van der Waals surface area contributed by atoms with Gasteiger partial charge in [-0.2, -0.15) is 4.99 Å². The number of carbonyl (C=O) groups excluding carboxylic acids is 3. The maximum absolute atomic E-state index is 14.1. The number of aryl methyl sites for hydroxylation is 1. The fourth-order valence-electron chi connectivity index (χ4n) is 5.47. The van der Waals surface area contributed by atoms with E-state index in [1.54, 1.807) is 37.3 Å². The maximum Gasteiger partial charge on any atom is 0.285 e. The van der Waals surface area contributed by atoms with Gasteiger partial charge in [0.15, 0.2) is 5.17 Å². The van der Waals surface area contributed by atoms with Gasteiger partial charge in [0.25, 0.3) is 11.8 Å². The summed E-state index contributed by atoms with van der Waals surface area (Å²) in [5.41, 5.74) is 5.65. The molecule has 3 amide bonds. The number of rotatable bonds is 10. The number of hydrogen-bond donors (Lipinski definition) is 1. The summed E-state index contributed by atoms with van der Waals surface area (Å²) in [4.78, 5) is 46.7. The Morgan fingerprint density at radius 1 is 0.979 bits per heavy atom. The summed E-state index contributed by atoms with van der Waals surface area (Å²) >= 11 is 7.13. The summed E-state index contributed by atoms with van der Waals surface area (Å²) in [6.07, 6.45) is 8.33. The molecule has 1 N–H and O–H groups in total. The number of thioether (sulfide) groups is 1. The van der Waals surface area contributed by atoms with Crippen molar-refractivity contribution >= 4 is 52.3 Å². The zero-order valence-electron chi connectivity index (χ0n) is 26.9. The lowest BCUT2D eigenvalue weighted by molar-refractivity contribution is -0.126. The van der Waals surface area contributed by atoms with Gasteiger partial charge in [0.2, 0.25) is 5.91 Å². The number of halogens is 1. The summed E-state index contributed by atoms with van der Waals surface area (Å²) in [7, 11) is 0. The molecule has 0 atom stereocenters. The molecule has 4 aromatic rings. The summed E-state index contributed by atoms with van der Waals surface area (Å²) in [5, 5.41) is 3.85. The first-order valence-corrected chi connectivity index (χ1v) is 16.7. The van der Waals surface area contributed by atoms with Gasteiger partial charge in [-0.15, -0.1) is 0 Å². The topological polar surface area (TPSA) is 83.8 Å². The Bertz CT molecular complexity index is 1920. The van der Waals surface area contributed by atoms with Gasteiger partial charge < -0.3 is 9.88 Å². The molecule has 5 rings (SSSR count). The van der Waals surface area contributed by atoms with E-state index in [0.717, 1.165) is 40.0 Å². The molecule has 1 aliphatic rings. The van der Waals surface area contributed by atoms with Gasteiger partial charge >= 0.3 is 0 Å². The Morgan fingerprint density at radius 3 is 2.19 bits per heavy atom. The van der Waals surface area contributed by atoms with Crippen molar-refractivity contribution in [1.29, 1.82) is 0 Å². The zero-order chi connectivity index (χ0) is 34.2. The quantitative estimate of drug-likeness (QED) is 0.105. The summed E-state index contributed by atoms with van der Waals surface area (Å²) in [6.45, 7) is 9.41. The molecule has 9 heteroatoms. The number of aliphatic imine (C=N–C) groups is 1. The van der Waals surface area contributed by atoms with E-state index in [9.17, 15) is 14.4 Å². The van der Waals surface area contributed by atoms with Crippen molar-refractivity contribution in [2.45, 2.75) is 26.8 Å². The Hall–Kier alpha value is -5.18. The number of nitrogens with zero attached hydrogens (tertiary/aromatic N) is 3. The van der Waals surface area contributed by atoms with E-state index in [4.69, 9.17) is 11.6 Å². The standard InChI is InChI=1S/C39H35ClN4O3S/c1-5-7-18-32(6-2)44-38(47)34(24-30-23-26(3)43(27(30)4)33-21-19-31(40)20-22-33)37(46)42-39(44)48-25-35(45)41-36(28-14-10-8-11-15-28)29-16-12-9-13-17-29/h5-24,36H,1,25H2,2-4H3,(H,41,45)/b18-7-,32-6+,34-24-. The van der Waals surface area contributed by atoms with Crippen molar-refractivity contribution < 1.29 is 14.4 Å². The Labute approximate surface area is 290 Å². The molecule has 1 aliphatic heterocycles. The Balaban J connectivity index is 1.44. The molecule has 0 unspecified atom stereocenters. The number of aromatic nitrogens is 1. The van der Waals surface area contributed by atoms with Crippen molar-refractivity contribution in [2.24, 2.45) is 4.99 Å². The van der Waals surface area contributed by atoms with Crippen LogP contribution in [0.2, 0.25) is 5.02 Å². The number of carbonyl (C=O) groups is 3. The molecule has 0 saturated heterocycles. The lowest BCUT2D eigenvalue weighted by atomic mass is 9.99. The lowest BCUT2D eigenvalue weighted by Crippen LogP contribution is -2.42. The fourth-order valence-corrected chi connectivity index (χ4v) is 6.40. The minimum Gasteiger partial charge on any atom is -0.344 e. The highest BCUT2D eigenvalue weighted by atomic mass is 35.5. The van der Waals surface area contributed by atoms with Crippen LogP contribution in [-0.4, -0.2) is 38.1 Å². The van der Waals surface area contributed by atoms with E-state index in [2.05, 4.69) is 16.9 Å². The van der Waals surface area contributed by atoms with Crippen LogP contribution in [0.5, 0.6) is 0 Å². The van der Waals surface area contributed by atoms with Gasteiger partial charge in [0, 0.05) is 27.8 Å². The third-order valence-corrected chi connectivity index (χ3v) is 8.96. The summed E-state index contributed by atoms with van der Waals surface area (Å²) < 4.78 is 2.03. The van der Waals surface area contributed by atoms with Crippen LogP contribution < -0.4 is 5.32 Å². The highest BCUT2D eigenvalue weighted by molar-refractivity contribution is 8.14. The molecule has 48 heavy (non-hydrogen) atoms. The van der Waals surface area contributed by atoms with Crippen molar-refractivity contribution in [1.82, 2.24) is 14.8 Å². The molecule has 1 aromatic heterocycles. The van der Waals surface area contributed by atoms with Crippen LogP contribution in [0.1, 0.15) is 41.0 Å². The first kappa shape index (κ1) is 34.2. The van der Waals surface area contributed by atoms with Crippen molar-refractivity contribution in [3.05, 3.63) is 166 Å². The van der Waals surface area contributed by atoms with Crippen molar-refractivity contribution in [2.75, 3.05) is 5.75 Å². The monoisotopic (exact) mass is 674 g/mol. The predicted molar refractivity (Wildman–Crippen MR) is 196 cm³/mol. The van der Waals surface area contributed by atoms with E-state index >= 15 is 0 Å². The second kappa shape index (κ2) is 15.6. The molecule has 2 heterocycles. The molecule has 7 nitrogen and oxygen atoms in total. The molecule has 0 fully saturated rings. The zero-order valence-corrected chi connectivity index (χ0v) is 28.5. The molecule has 3 aromatic carbocycles. The molecule has 0 aliphatic carbocycles. The van der Waals surface area contributed by atoms with Crippen LogP contribution in [0.25, 0.3) is 11.8 Å². The number of nitrogens with one attached hydrogen (secondary N) is 1. The average molecular weight is 675 g/mol. The second-order valence-corrected chi connectivity index (χ2v) is 12.3. The van der Waals surface area contributed by atoms with Crippen LogP contribution in [0, 0.1) is 13.8 Å². The van der Waals surface area contributed by atoms with Crippen LogP contribution in [0.4, 0.5) is 0 Å². The maximum atomic E-state index is 14.1. The number of benzene rings is 3. The minimum absolute atomic E-state index is 0.0739. The minimum atomic E-state index is -0.676. The van der Waals surface area contributed by atoms with Crippen molar-refractivity contribution in [3.8, 4) is 5.69 Å². The molecule has 0 bridgehead atoms. The van der Waals surface area contributed by atoms with Gasteiger partial charge in [-0.3, -0.25) is 19.3 Å². The SMILES string of the molecule is C=C/C=C\C(=C/C)N1C(=O)/C(=C\c2cc(C)n(-c3ccc(Cl)cc3)c2C)C(=O)N=C1SCC(=O)NC(c1ccccc1)c1ccccc1. The van der Waals surface area contributed by atoms with E-state index in [1.807, 2.05) is 109 Å². The van der Waals surface area contributed by atoms with E-state index < -0.39 is 11.8 Å². The van der Waals surface area contributed by atoms with Crippen LogP contribution in [0.15, 0.2) is 138 Å². The largest absolute Gasteiger partial charge is 0.344 e. The first-order chi connectivity index (χ1) is 23.2. The number of amidine groups is 1.